The van der Waals surface area contributed by atoms with Crippen molar-refractivity contribution in [1.82, 2.24) is 15.4 Å². The zero-order valence-electron chi connectivity index (χ0n) is 22.2. The molecule has 2 aliphatic rings. The SMILES string of the molecule is CCOC(=O)[C@@]1(Cc2ccc(OCc3cc(C)nc4ccccc34)cc2)C[C@@H]1C(=O)N1CCC[C@H]1C(=O)NO. The number of aromatic nitrogens is 1. The molecule has 39 heavy (non-hydrogen) atoms. The van der Waals surface area contributed by atoms with Crippen molar-refractivity contribution in [1.29, 1.82) is 0 Å². The van der Waals surface area contributed by atoms with Crippen molar-refractivity contribution in [3.8, 4) is 5.75 Å². The third-order valence-electron chi connectivity index (χ3n) is 7.77. The molecule has 0 unspecified atom stereocenters. The number of ether oxygens (including phenoxy) is 2. The molecular formula is C30H33N3O6. The molecule has 0 radical (unpaired) electrons. The Balaban J connectivity index is 1.28. The largest absolute Gasteiger partial charge is 0.489 e. The van der Waals surface area contributed by atoms with Gasteiger partial charge in [0.2, 0.25) is 5.91 Å². The quantitative estimate of drug-likeness (QED) is 0.245. The molecule has 1 aliphatic carbocycles. The Kier molecular flexibility index (Phi) is 7.52. The Bertz CT molecular complexity index is 1390. The number of carbonyl (C=O) groups is 3. The second kappa shape index (κ2) is 11.0. The Morgan fingerprint density at radius 1 is 1.15 bits per heavy atom. The van der Waals surface area contributed by atoms with Crippen molar-refractivity contribution in [3.63, 3.8) is 0 Å². The third-order valence-corrected chi connectivity index (χ3v) is 7.77. The number of amides is 2. The first-order chi connectivity index (χ1) is 18.9. The van der Waals surface area contributed by atoms with E-state index in [4.69, 9.17) is 14.7 Å². The third kappa shape index (κ3) is 5.31. The van der Waals surface area contributed by atoms with Gasteiger partial charge in [-0.15, -0.1) is 0 Å². The van der Waals surface area contributed by atoms with Crippen molar-refractivity contribution >= 4 is 28.7 Å². The van der Waals surface area contributed by atoms with Crippen LogP contribution in [0.3, 0.4) is 0 Å². The number of carbonyl (C=O) groups excluding carboxylic acids is 3. The summed E-state index contributed by atoms with van der Waals surface area (Å²) in [5, 5.41) is 10.1. The molecule has 1 saturated heterocycles. The highest BCUT2D eigenvalue weighted by atomic mass is 16.5. The highest BCUT2D eigenvalue weighted by Crippen LogP contribution is 2.57. The number of aryl methyl sites for hydroxylation is 1. The number of rotatable bonds is 9. The van der Waals surface area contributed by atoms with Crippen LogP contribution in [0.1, 0.15) is 43.0 Å². The van der Waals surface area contributed by atoms with Gasteiger partial charge in [-0.3, -0.25) is 24.6 Å². The lowest BCUT2D eigenvalue weighted by Gasteiger charge is -2.24. The van der Waals surface area contributed by atoms with E-state index in [1.54, 1.807) is 12.4 Å². The summed E-state index contributed by atoms with van der Waals surface area (Å²) in [6.45, 7) is 4.74. The van der Waals surface area contributed by atoms with E-state index in [0.717, 1.165) is 27.7 Å². The number of hydrogen-bond acceptors (Lipinski definition) is 7. The van der Waals surface area contributed by atoms with Crippen LogP contribution in [0.15, 0.2) is 54.6 Å². The van der Waals surface area contributed by atoms with Gasteiger partial charge in [0.05, 0.1) is 23.5 Å². The molecule has 2 N–H and O–H groups in total. The van der Waals surface area contributed by atoms with E-state index < -0.39 is 29.3 Å². The molecule has 1 aliphatic heterocycles. The van der Waals surface area contributed by atoms with E-state index in [2.05, 4.69) is 4.98 Å². The van der Waals surface area contributed by atoms with Crippen LogP contribution in [0.25, 0.3) is 10.9 Å². The lowest BCUT2D eigenvalue weighted by atomic mass is 9.93. The van der Waals surface area contributed by atoms with E-state index in [-0.39, 0.29) is 12.5 Å². The van der Waals surface area contributed by atoms with Crippen LogP contribution in [0.5, 0.6) is 5.75 Å². The minimum Gasteiger partial charge on any atom is -0.489 e. The normalized spacial score (nSPS) is 22.0. The van der Waals surface area contributed by atoms with Crippen molar-refractivity contribution in [2.45, 2.75) is 52.2 Å². The van der Waals surface area contributed by atoms with Gasteiger partial charge in [-0.2, -0.15) is 0 Å². The lowest BCUT2D eigenvalue weighted by molar-refractivity contribution is -0.153. The Labute approximate surface area is 227 Å². The second-order valence-electron chi connectivity index (χ2n) is 10.3. The number of hydroxylamine groups is 1. The maximum absolute atomic E-state index is 13.4. The molecule has 0 bridgehead atoms. The number of esters is 1. The summed E-state index contributed by atoms with van der Waals surface area (Å²) in [5.74, 6) is -1.11. The van der Waals surface area contributed by atoms with Crippen LogP contribution in [0.4, 0.5) is 0 Å². The summed E-state index contributed by atoms with van der Waals surface area (Å²) in [4.78, 5) is 44.5. The van der Waals surface area contributed by atoms with Gasteiger partial charge >= 0.3 is 5.97 Å². The fraction of sp³-hybridized carbons (Fsp3) is 0.400. The van der Waals surface area contributed by atoms with Gasteiger partial charge in [-0.25, -0.2) is 5.48 Å². The molecule has 9 heteroatoms. The van der Waals surface area contributed by atoms with E-state index in [9.17, 15) is 14.4 Å². The number of nitrogens with zero attached hydrogens (tertiary/aromatic N) is 2. The van der Waals surface area contributed by atoms with Gasteiger partial charge in [0.1, 0.15) is 18.4 Å². The zero-order valence-corrected chi connectivity index (χ0v) is 22.2. The molecular weight excluding hydrogens is 498 g/mol. The highest BCUT2D eigenvalue weighted by Gasteiger charge is 2.65. The number of fused-ring (bicyclic) bond motifs is 1. The first-order valence-electron chi connectivity index (χ1n) is 13.3. The molecule has 5 rings (SSSR count). The van der Waals surface area contributed by atoms with Crippen molar-refractivity contribution in [3.05, 3.63) is 71.4 Å². The minimum absolute atomic E-state index is 0.219. The molecule has 2 aromatic carbocycles. The van der Waals surface area contributed by atoms with Crippen LogP contribution < -0.4 is 10.2 Å². The minimum atomic E-state index is -0.966. The number of nitrogens with one attached hydrogen (secondary N) is 1. The summed E-state index contributed by atoms with van der Waals surface area (Å²) in [6, 6.07) is 16.8. The topological polar surface area (TPSA) is 118 Å². The molecule has 9 nitrogen and oxygen atoms in total. The summed E-state index contributed by atoms with van der Waals surface area (Å²) in [5.41, 5.74) is 4.49. The van der Waals surface area contributed by atoms with E-state index in [1.165, 1.54) is 4.90 Å². The monoisotopic (exact) mass is 531 g/mol. The molecule has 2 amide bonds. The van der Waals surface area contributed by atoms with Crippen LogP contribution in [0, 0.1) is 18.3 Å². The van der Waals surface area contributed by atoms with Crippen molar-refractivity contribution in [2.75, 3.05) is 13.2 Å². The number of likely N-dealkylation sites (tertiary alicyclic amines) is 1. The number of pyridine rings is 1. The molecule has 3 atom stereocenters. The smallest absolute Gasteiger partial charge is 0.313 e. The van der Waals surface area contributed by atoms with Crippen LogP contribution >= 0.6 is 0 Å². The van der Waals surface area contributed by atoms with Crippen molar-refractivity contribution < 1.29 is 29.1 Å². The van der Waals surface area contributed by atoms with Crippen LogP contribution in [0.2, 0.25) is 0 Å². The first-order valence-corrected chi connectivity index (χ1v) is 13.3. The molecule has 2 heterocycles. The average molecular weight is 532 g/mol. The fourth-order valence-corrected chi connectivity index (χ4v) is 5.72. The maximum Gasteiger partial charge on any atom is 0.313 e. The van der Waals surface area contributed by atoms with E-state index in [0.29, 0.717) is 44.6 Å². The lowest BCUT2D eigenvalue weighted by Crippen LogP contribution is -2.46. The Hall–Kier alpha value is -3.98. The second-order valence-corrected chi connectivity index (χ2v) is 10.3. The predicted octanol–water partition coefficient (Wildman–Crippen LogP) is 3.73. The average Bonchev–Trinajstić information content (AvgIpc) is 3.46. The maximum atomic E-state index is 13.4. The van der Waals surface area contributed by atoms with Gasteiger partial charge < -0.3 is 14.4 Å². The van der Waals surface area contributed by atoms with Crippen LogP contribution in [-0.2, 0) is 32.1 Å². The molecule has 0 spiro atoms. The molecule has 204 valence electrons. The van der Waals surface area contributed by atoms with E-state index >= 15 is 0 Å². The molecule has 1 saturated carbocycles. The molecule has 3 aromatic rings. The van der Waals surface area contributed by atoms with Gasteiger partial charge in [0.25, 0.3) is 5.91 Å². The Morgan fingerprint density at radius 2 is 1.92 bits per heavy atom. The van der Waals surface area contributed by atoms with Gasteiger partial charge in [0, 0.05) is 23.2 Å². The molecule has 1 aromatic heterocycles. The first kappa shape index (κ1) is 26.6. The Morgan fingerprint density at radius 3 is 2.67 bits per heavy atom. The van der Waals surface area contributed by atoms with Gasteiger partial charge in [-0.05, 0) is 69.4 Å². The van der Waals surface area contributed by atoms with Crippen molar-refractivity contribution in [2.24, 2.45) is 11.3 Å². The summed E-state index contributed by atoms with van der Waals surface area (Å²) in [7, 11) is 0. The highest BCUT2D eigenvalue weighted by molar-refractivity contribution is 5.96. The zero-order chi connectivity index (χ0) is 27.6. The van der Waals surface area contributed by atoms with E-state index in [1.807, 2.05) is 61.5 Å². The van der Waals surface area contributed by atoms with Crippen LogP contribution in [-0.4, -0.2) is 52.1 Å². The number of hydrogen-bond donors (Lipinski definition) is 2. The summed E-state index contributed by atoms with van der Waals surface area (Å²) in [6.07, 6.45) is 1.86. The standard InChI is InChI=1S/C30H33N3O6/c1-3-38-29(36)30(17-24(30)28(35)33-14-6-9-26(33)27(34)32-37)16-20-10-12-22(13-11-20)39-18-21-15-19(2)31-25-8-5-4-7-23(21)25/h4-5,7-8,10-13,15,24,26,37H,3,6,9,14,16-18H2,1-2H3,(H,32,34)/t24-,26+,30+/m1/s1. The predicted molar refractivity (Wildman–Crippen MR) is 143 cm³/mol. The number of para-hydroxylation sites is 1. The summed E-state index contributed by atoms with van der Waals surface area (Å²) >= 11 is 0. The fourth-order valence-electron chi connectivity index (χ4n) is 5.72. The molecule has 2 fully saturated rings. The van der Waals surface area contributed by atoms with Gasteiger partial charge in [0.15, 0.2) is 0 Å². The van der Waals surface area contributed by atoms with Gasteiger partial charge in [-0.1, -0.05) is 30.3 Å². The number of benzene rings is 2. The summed E-state index contributed by atoms with van der Waals surface area (Å²) < 4.78 is 11.5.